The topological polar surface area (TPSA) is 91.5 Å². The quantitative estimate of drug-likeness (QED) is 0.477. The summed E-state index contributed by atoms with van der Waals surface area (Å²) in [6.45, 7) is 1.23. The number of carboxylic acids is 1. The number of aliphatic carboxylic acids is 1. The van der Waals surface area contributed by atoms with Crippen LogP contribution in [0.3, 0.4) is 0 Å². The fourth-order valence-corrected chi connectivity index (χ4v) is 1.03. The number of nitrogens with zero attached hydrogens (tertiary/aromatic N) is 2. The summed E-state index contributed by atoms with van der Waals surface area (Å²) in [5.74, 6) is -1.06. The number of carbonyl (C=O) groups is 1. The third-order valence-electron chi connectivity index (χ3n) is 1.88. The summed E-state index contributed by atoms with van der Waals surface area (Å²) in [5.41, 5.74) is -0.0216. The minimum atomic E-state index is -1.33. The van der Waals surface area contributed by atoms with Crippen LogP contribution < -0.4 is 4.74 Å². The lowest BCUT2D eigenvalue weighted by Gasteiger charge is -1.98. The SMILES string of the molecule is COc1ccc(N=NC(C(=O)O)=C(C)O)cc1. The van der Waals surface area contributed by atoms with Crippen molar-refractivity contribution < 1.29 is 19.7 Å². The van der Waals surface area contributed by atoms with E-state index in [1.165, 1.54) is 14.0 Å². The number of hydrogen-bond acceptors (Lipinski definition) is 5. The van der Waals surface area contributed by atoms with E-state index in [1.54, 1.807) is 24.3 Å². The molecule has 90 valence electrons. The van der Waals surface area contributed by atoms with Crippen LogP contribution in [-0.2, 0) is 4.79 Å². The molecule has 1 aromatic rings. The van der Waals surface area contributed by atoms with Gasteiger partial charge in [-0.3, -0.25) is 0 Å². The predicted octanol–water partition coefficient (Wildman–Crippen LogP) is 2.65. The summed E-state index contributed by atoms with van der Waals surface area (Å²) < 4.78 is 4.96. The second-order valence-electron chi connectivity index (χ2n) is 3.14. The summed E-state index contributed by atoms with van der Waals surface area (Å²) in [6.07, 6.45) is 0. The molecule has 0 heterocycles. The highest BCUT2D eigenvalue weighted by atomic mass is 16.5. The normalized spacial score (nSPS) is 12.4. The van der Waals surface area contributed by atoms with Crippen molar-refractivity contribution in [2.75, 3.05) is 7.11 Å². The maximum absolute atomic E-state index is 10.7. The van der Waals surface area contributed by atoms with Gasteiger partial charge in [-0.2, -0.15) is 5.11 Å². The fourth-order valence-electron chi connectivity index (χ4n) is 1.03. The van der Waals surface area contributed by atoms with E-state index in [9.17, 15) is 4.79 Å². The summed E-state index contributed by atoms with van der Waals surface area (Å²) in [6, 6.07) is 6.58. The Morgan fingerprint density at radius 2 is 1.82 bits per heavy atom. The van der Waals surface area contributed by atoms with E-state index in [1.807, 2.05) is 0 Å². The van der Waals surface area contributed by atoms with E-state index in [2.05, 4.69) is 10.2 Å². The van der Waals surface area contributed by atoms with Crippen molar-refractivity contribution in [1.82, 2.24) is 0 Å². The number of rotatable bonds is 4. The molecule has 0 saturated heterocycles. The molecule has 0 saturated carbocycles. The number of methoxy groups -OCH3 is 1. The lowest BCUT2D eigenvalue weighted by Crippen LogP contribution is -2.00. The first kappa shape index (κ1) is 12.7. The summed E-state index contributed by atoms with van der Waals surface area (Å²) in [7, 11) is 1.54. The average Bonchev–Trinajstić information content (AvgIpc) is 2.29. The molecule has 6 nitrogen and oxygen atoms in total. The molecule has 17 heavy (non-hydrogen) atoms. The molecule has 0 spiro atoms. The van der Waals surface area contributed by atoms with Crippen LogP contribution in [0.15, 0.2) is 46.0 Å². The van der Waals surface area contributed by atoms with Crippen LogP contribution in [0.1, 0.15) is 6.92 Å². The molecule has 0 fully saturated rings. The van der Waals surface area contributed by atoms with Gasteiger partial charge in [0.1, 0.15) is 11.5 Å². The molecule has 0 aromatic heterocycles. The molecular formula is C11H12N2O4. The lowest BCUT2D eigenvalue weighted by molar-refractivity contribution is -0.132. The van der Waals surface area contributed by atoms with E-state index in [4.69, 9.17) is 14.9 Å². The number of aliphatic hydroxyl groups is 1. The highest BCUT2D eigenvalue weighted by molar-refractivity contribution is 5.86. The van der Waals surface area contributed by atoms with E-state index < -0.39 is 17.4 Å². The number of azo groups is 1. The van der Waals surface area contributed by atoms with Gasteiger partial charge in [0.2, 0.25) is 5.70 Å². The van der Waals surface area contributed by atoms with Gasteiger partial charge in [-0.25, -0.2) is 4.79 Å². The van der Waals surface area contributed by atoms with Crippen molar-refractivity contribution in [2.45, 2.75) is 6.92 Å². The molecule has 0 bridgehead atoms. The lowest BCUT2D eigenvalue weighted by atomic mass is 10.3. The second kappa shape index (κ2) is 5.64. The molecule has 0 amide bonds. The summed E-state index contributed by atoms with van der Waals surface area (Å²) in [4.78, 5) is 10.7. The monoisotopic (exact) mass is 236 g/mol. The Kier molecular flexibility index (Phi) is 4.21. The minimum Gasteiger partial charge on any atom is -0.510 e. The van der Waals surface area contributed by atoms with E-state index in [0.29, 0.717) is 11.4 Å². The Morgan fingerprint density at radius 1 is 1.24 bits per heavy atom. The number of hydrogen-bond donors (Lipinski definition) is 2. The van der Waals surface area contributed by atoms with Crippen LogP contribution in [-0.4, -0.2) is 23.3 Å². The van der Waals surface area contributed by atoms with Crippen LogP contribution in [0.4, 0.5) is 5.69 Å². The zero-order chi connectivity index (χ0) is 12.8. The maximum Gasteiger partial charge on any atom is 0.359 e. The summed E-state index contributed by atoms with van der Waals surface area (Å²) >= 11 is 0. The van der Waals surface area contributed by atoms with E-state index in [0.717, 1.165) is 0 Å². The van der Waals surface area contributed by atoms with Crippen molar-refractivity contribution in [3.8, 4) is 5.75 Å². The molecule has 0 atom stereocenters. The van der Waals surface area contributed by atoms with Gasteiger partial charge in [0.15, 0.2) is 0 Å². The Hall–Kier alpha value is -2.37. The minimum absolute atomic E-state index is 0.394. The van der Waals surface area contributed by atoms with Crippen LogP contribution in [0.2, 0.25) is 0 Å². The molecule has 1 rings (SSSR count). The Balaban J connectivity index is 2.89. The number of allylic oxidation sites excluding steroid dienone is 1. The summed E-state index contributed by atoms with van der Waals surface area (Å²) in [5, 5.41) is 24.9. The third kappa shape index (κ3) is 3.60. The molecule has 6 heteroatoms. The molecule has 0 aliphatic rings. The van der Waals surface area contributed by atoms with Gasteiger partial charge >= 0.3 is 5.97 Å². The number of ether oxygens (including phenoxy) is 1. The predicted molar refractivity (Wildman–Crippen MR) is 60.5 cm³/mol. The Bertz CT molecular complexity index is 459. The average molecular weight is 236 g/mol. The zero-order valence-corrected chi connectivity index (χ0v) is 9.41. The number of aliphatic hydroxyl groups excluding tert-OH is 1. The maximum atomic E-state index is 10.7. The van der Waals surface area contributed by atoms with Gasteiger partial charge < -0.3 is 14.9 Å². The largest absolute Gasteiger partial charge is 0.510 e. The molecule has 0 unspecified atom stereocenters. The van der Waals surface area contributed by atoms with E-state index in [-0.39, 0.29) is 0 Å². The van der Waals surface area contributed by atoms with Gasteiger partial charge in [0, 0.05) is 0 Å². The fraction of sp³-hybridized carbons (Fsp3) is 0.182. The molecule has 0 aliphatic carbocycles. The zero-order valence-electron chi connectivity index (χ0n) is 9.41. The van der Waals surface area contributed by atoms with Gasteiger partial charge in [-0.15, -0.1) is 5.11 Å². The first-order chi connectivity index (χ1) is 8.04. The van der Waals surface area contributed by atoms with Gasteiger partial charge in [0.05, 0.1) is 12.8 Å². The van der Waals surface area contributed by atoms with Gasteiger partial charge in [-0.1, -0.05) is 0 Å². The number of benzene rings is 1. The van der Waals surface area contributed by atoms with E-state index >= 15 is 0 Å². The Labute approximate surface area is 97.9 Å². The molecule has 0 aliphatic heterocycles. The van der Waals surface area contributed by atoms with Crippen LogP contribution in [0, 0.1) is 0 Å². The first-order valence-corrected chi connectivity index (χ1v) is 4.73. The van der Waals surface area contributed by atoms with Crippen molar-refractivity contribution in [3.05, 3.63) is 35.7 Å². The second-order valence-corrected chi connectivity index (χ2v) is 3.14. The van der Waals surface area contributed by atoms with Crippen LogP contribution in [0.25, 0.3) is 0 Å². The highest BCUT2D eigenvalue weighted by Crippen LogP contribution is 2.19. The van der Waals surface area contributed by atoms with Crippen molar-refractivity contribution in [1.29, 1.82) is 0 Å². The van der Waals surface area contributed by atoms with Crippen molar-refractivity contribution in [2.24, 2.45) is 10.2 Å². The molecule has 0 radical (unpaired) electrons. The smallest absolute Gasteiger partial charge is 0.359 e. The third-order valence-corrected chi connectivity index (χ3v) is 1.88. The number of carboxylic acid groups (broad SMARTS) is 1. The molecule has 1 aromatic carbocycles. The van der Waals surface area contributed by atoms with Crippen molar-refractivity contribution in [3.63, 3.8) is 0 Å². The molecular weight excluding hydrogens is 224 g/mol. The van der Waals surface area contributed by atoms with Crippen LogP contribution >= 0.6 is 0 Å². The first-order valence-electron chi connectivity index (χ1n) is 4.73. The Morgan fingerprint density at radius 3 is 2.24 bits per heavy atom. The van der Waals surface area contributed by atoms with Gasteiger partial charge in [0.25, 0.3) is 0 Å². The standard InChI is InChI=1S/C11H12N2O4/c1-7(14)10(11(15)16)13-12-8-3-5-9(17-2)6-4-8/h3-6,14H,1-2H3,(H,15,16). The van der Waals surface area contributed by atoms with Crippen molar-refractivity contribution >= 4 is 11.7 Å². The van der Waals surface area contributed by atoms with Crippen LogP contribution in [0.5, 0.6) is 5.75 Å². The van der Waals surface area contributed by atoms with Gasteiger partial charge in [-0.05, 0) is 31.2 Å². The molecule has 2 N–H and O–H groups in total. The highest BCUT2D eigenvalue weighted by Gasteiger charge is 2.09.